The van der Waals surface area contributed by atoms with Crippen LogP contribution in [-0.4, -0.2) is 47.1 Å². The molecule has 1 N–H and O–H groups in total. The largest absolute Gasteiger partial charge is 0.351 e. The Morgan fingerprint density at radius 3 is 2.33 bits per heavy atom. The van der Waals surface area contributed by atoms with E-state index in [4.69, 9.17) is 4.52 Å². The average Bonchev–Trinajstić information content (AvgIpc) is 3.12. The molecular formula is C23H27ClN4O2. The quantitative estimate of drug-likeness (QED) is 0.631. The fourth-order valence-electron chi connectivity index (χ4n) is 3.60. The van der Waals surface area contributed by atoms with Gasteiger partial charge in [-0.3, -0.25) is 4.79 Å². The Balaban J connectivity index is 0.00000256. The van der Waals surface area contributed by atoms with E-state index < -0.39 is 0 Å². The number of halogens is 1. The molecule has 1 saturated heterocycles. The summed E-state index contributed by atoms with van der Waals surface area (Å²) in [5, 5.41) is 7.06. The summed E-state index contributed by atoms with van der Waals surface area (Å²) in [6.07, 6.45) is 5.17. The lowest BCUT2D eigenvalue weighted by atomic mass is 10.1. The fraction of sp³-hybridized carbons (Fsp3) is 0.348. The van der Waals surface area contributed by atoms with E-state index in [-0.39, 0.29) is 18.3 Å². The van der Waals surface area contributed by atoms with Crippen molar-refractivity contribution in [1.82, 2.24) is 20.4 Å². The van der Waals surface area contributed by atoms with Gasteiger partial charge >= 0.3 is 0 Å². The van der Waals surface area contributed by atoms with Crippen LogP contribution in [0, 0.1) is 0 Å². The number of amides is 1. The normalized spacial score (nSPS) is 14.5. The van der Waals surface area contributed by atoms with Crippen LogP contribution in [0.5, 0.6) is 0 Å². The highest BCUT2D eigenvalue weighted by Crippen LogP contribution is 2.22. The predicted octanol–water partition coefficient (Wildman–Crippen LogP) is 4.43. The molecule has 0 bridgehead atoms. The van der Waals surface area contributed by atoms with Gasteiger partial charge in [-0.05, 0) is 50.2 Å². The predicted molar refractivity (Wildman–Crippen MR) is 120 cm³/mol. The van der Waals surface area contributed by atoms with Gasteiger partial charge in [0.25, 0.3) is 11.8 Å². The fourth-order valence-corrected chi connectivity index (χ4v) is 3.60. The zero-order chi connectivity index (χ0) is 19.9. The maximum Gasteiger partial charge on any atom is 0.258 e. The summed E-state index contributed by atoms with van der Waals surface area (Å²) in [6.45, 7) is 3.86. The van der Waals surface area contributed by atoms with Crippen molar-refractivity contribution in [3.63, 3.8) is 0 Å². The first-order chi connectivity index (χ1) is 14.3. The molecule has 158 valence electrons. The van der Waals surface area contributed by atoms with Crippen molar-refractivity contribution in [1.29, 1.82) is 0 Å². The smallest absolute Gasteiger partial charge is 0.258 e. The molecule has 0 saturated carbocycles. The summed E-state index contributed by atoms with van der Waals surface area (Å²) < 4.78 is 5.38. The van der Waals surface area contributed by atoms with E-state index in [0.717, 1.165) is 30.8 Å². The second-order valence-electron chi connectivity index (χ2n) is 7.38. The summed E-state index contributed by atoms with van der Waals surface area (Å²) in [6, 6.07) is 17.0. The van der Waals surface area contributed by atoms with Crippen LogP contribution in [0.3, 0.4) is 0 Å². The summed E-state index contributed by atoms with van der Waals surface area (Å²) in [7, 11) is 0. The van der Waals surface area contributed by atoms with E-state index in [2.05, 4.69) is 20.4 Å². The zero-order valence-corrected chi connectivity index (χ0v) is 17.7. The Morgan fingerprint density at radius 1 is 0.933 bits per heavy atom. The van der Waals surface area contributed by atoms with Gasteiger partial charge in [0.2, 0.25) is 5.82 Å². The molecule has 2 heterocycles. The van der Waals surface area contributed by atoms with Gasteiger partial charge in [0, 0.05) is 29.8 Å². The lowest BCUT2D eigenvalue weighted by molar-refractivity contribution is 0.0948. The molecule has 1 fully saturated rings. The lowest BCUT2D eigenvalue weighted by Crippen LogP contribution is -2.35. The van der Waals surface area contributed by atoms with Crippen molar-refractivity contribution in [2.24, 2.45) is 0 Å². The molecule has 3 aromatic rings. The number of benzene rings is 2. The molecule has 0 aliphatic carbocycles. The Hall–Kier alpha value is -2.70. The Morgan fingerprint density at radius 2 is 1.63 bits per heavy atom. The van der Waals surface area contributed by atoms with Gasteiger partial charge in [0.05, 0.1) is 0 Å². The number of rotatable bonds is 6. The van der Waals surface area contributed by atoms with Gasteiger partial charge in [0.1, 0.15) is 0 Å². The Labute approximate surface area is 183 Å². The number of carbonyl (C=O) groups is 1. The molecule has 7 heteroatoms. The zero-order valence-electron chi connectivity index (χ0n) is 16.9. The van der Waals surface area contributed by atoms with Crippen molar-refractivity contribution in [2.45, 2.75) is 25.7 Å². The highest BCUT2D eigenvalue weighted by molar-refractivity contribution is 5.94. The second kappa shape index (κ2) is 10.9. The van der Waals surface area contributed by atoms with Crippen molar-refractivity contribution in [2.75, 3.05) is 26.2 Å². The molecule has 0 unspecified atom stereocenters. The number of nitrogens with one attached hydrogen (secondary N) is 1. The molecular weight excluding hydrogens is 400 g/mol. The third-order valence-corrected chi connectivity index (χ3v) is 5.26. The topological polar surface area (TPSA) is 71.3 Å². The molecule has 0 radical (unpaired) electrons. The van der Waals surface area contributed by atoms with Crippen LogP contribution in [0.25, 0.3) is 22.8 Å². The van der Waals surface area contributed by atoms with Crippen LogP contribution in [-0.2, 0) is 0 Å². The van der Waals surface area contributed by atoms with Crippen LogP contribution in [0.4, 0.5) is 0 Å². The molecule has 0 spiro atoms. The minimum Gasteiger partial charge on any atom is -0.351 e. The molecule has 6 nitrogen and oxygen atoms in total. The van der Waals surface area contributed by atoms with E-state index in [9.17, 15) is 4.79 Å². The van der Waals surface area contributed by atoms with E-state index in [1.165, 1.54) is 25.7 Å². The number of nitrogens with zero attached hydrogens (tertiary/aromatic N) is 3. The minimum absolute atomic E-state index is 0. The molecule has 1 aliphatic rings. The van der Waals surface area contributed by atoms with Gasteiger partial charge in [-0.2, -0.15) is 4.98 Å². The van der Waals surface area contributed by atoms with E-state index in [1.54, 1.807) is 12.1 Å². The summed E-state index contributed by atoms with van der Waals surface area (Å²) in [4.78, 5) is 19.3. The van der Waals surface area contributed by atoms with Gasteiger partial charge in [0.15, 0.2) is 0 Å². The van der Waals surface area contributed by atoms with Crippen molar-refractivity contribution < 1.29 is 9.32 Å². The van der Waals surface area contributed by atoms with Crippen LogP contribution in [0.15, 0.2) is 59.1 Å². The minimum atomic E-state index is -0.0538. The van der Waals surface area contributed by atoms with Crippen molar-refractivity contribution in [3.8, 4) is 22.8 Å². The molecule has 30 heavy (non-hydrogen) atoms. The summed E-state index contributed by atoms with van der Waals surface area (Å²) in [5.41, 5.74) is 2.33. The Kier molecular flexibility index (Phi) is 7.99. The first-order valence-electron chi connectivity index (χ1n) is 10.3. The first kappa shape index (κ1) is 22.0. The van der Waals surface area contributed by atoms with Crippen molar-refractivity contribution in [3.05, 3.63) is 60.2 Å². The van der Waals surface area contributed by atoms with Gasteiger partial charge in [-0.25, -0.2) is 0 Å². The van der Waals surface area contributed by atoms with Gasteiger partial charge < -0.3 is 14.7 Å². The van der Waals surface area contributed by atoms with E-state index in [0.29, 0.717) is 23.8 Å². The molecule has 0 atom stereocenters. The van der Waals surface area contributed by atoms with Gasteiger partial charge in [-0.15, -0.1) is 12.4 Å². The SMILES string of the molecule is Cl.O=C(NCCN1CCCCCC1)c1ccc(-c2nc(-c3ccccc3)no2)cc1. The monoisotopic (exact) mass is 426 g/mol. The Bertz CT molecular complexity index is 920. The van der Waals surface area contributed by atoms with Gasteiger partial charge in [-0.1, -0.05) is 48.3 Å². The second-order valence-corrected chi connectivity index (χ2v) is 7.38. The molecule has 1 amide bonds. The third-order valence-electron chi connectivity index (χ3n) is 5.26. The summed E-state index contributed by atoms with van der Waals surface area (Å²) in [5.74, 6) is 0.940. The van der Waals surface area contributed by atoms with Crippen LogP contribution >= 0.6 is 12.4 Å². The van der Waals surface area contributed by atoms with E-state index >= 15 is 0 Å². The number of aromatic nitrogens is 2. The molecule has 1 aromatic heterocycles. The number of likely N-dealkylation sites (tertiary alicyclic amines) is 1. The van der Waals surface area contributed by atoms with Crippen LogP contribution < -0.4 is 5.32 Å². The molecule has 4 rings (SSSR count). The maximum atomic E-state index is 12.4. The van der Waals surface area contributed by atoms with Crippen LogP contribution in [0.2, 0.25) is 0 Å². The highest BCUT2D eigenvalue weighted by Gasteiger charge is 2.13. The first-order valence-corrected chi connectivity index (χ1v) is 10.3. The number of hydrogen-bond acceptors (Lipinski definition) is 5. The number of carbonyl (C=O) groups excluding carboxylic acids is 1. The van der Waals surface area contributed by atoms with Crippen molar-refractivity contribution >= 4 is 18.3 Å². The maximum absolute atomic E-state index is 12.4. The summed E-state index contributed by atoms with van der Waals surface area (Å²) >= 11 is 0. The average molecular weight is 427 g/mol. The van der Waals surface area contributed by atoms with Crippen LogP contribution in [0.1, 0.15) is 36.0 Å². The van der Waals surface area contributed by atoms with E-state index in [1.807, 2.05) is 42.5 Å². The molecule has 2 aromatic carbocycles. The molecule has 1 aliphatic heterocycles. The highest BCUT2D eigenvalue weighted by atomic mass is 35.5. The lowest BCUT2D eigenvalue weighted by Gasteiger charge is -2.19. The standard InChI is InChI=1S/C23H26N4O2.ClH/c28-22(24-14-17-27-15-6-1-2-7-16-27)19-10-12-20(13-11-19)23-25-21(26-29-23)18-8-4-3-5-9-18;/h3-5,8-13H,1-2,6-7,14-17H2,(H,24,28);1H. The third kappa shape index (κ3) is 5.68. The number of hydrogen-bond donors (Lipinski definition) is 1.